The second kappa shape index (κ2) is 11.0. The van der Waals surface area contributed by atoms with Crippen LogP contribution in [0.3, 0.4) is 0 Å². The molecule has 3 N–H and O–H groups in total. The van der Waals surface area contributed by atoms with Gasteiger partial charge in [-0.3, -0.25) is 14.3 Å². The van der Waals surface area contributed by atoms with Crippen LogP contribution in [0.4, 0.5) is 10.8 Å². The third kappa shape index (κ3) is 5.76. The van der Waals surface area contributed by atoms with Crippen molar-refractivity contribution in [1.82, 2.24) is 9.88 Å². The first-order valence-corrected chi connectivity index (χ1v) is 15.5. The van der Waals surface area contributed by atoms with Gasteiger partial charge in [-0.15, -0.1) is 17.9 Å². The molecule has 11 heteroatoms. The Morgan fingerprint density at radius 1 is 1.33 bits per heavy atom. The molecular formula is C28H38N4O5S2. The van der Waals surface area contributed by atoms with Crippen LogP contribution in [0.25, 0.3) is 0 Å². The maximum Gasteiger partial charge on any atom is 0.263 e. The Morgan fingerprint density at radius 2 is 2.00 bits per heavy atom. The Bertz CT molecular complexity index is 1360. The summed E-state index contributed by atoms with van der Waals surface area (Å²) in [6, 6.07) is 5.94. The van der Waals surface area contributed by atoms with E-state index >= 15 is 0 Å². The van der Waals surface area contributed by atoms with Crippen molar-refractivity contribution >= 4 is 44.0 Å². The summed E-state index contributed by atoms with van der Waals surface area (Å²) in [5.41, 5.74) is 1.14. The van der Waals surface area contributed by atoms with E-state index in [0.29, 0.717) is 23.8 Å². The number of aliphatic hydroxyl groups is 1. The minimum Gasteiger partial charge on any atom is -0.392 e. The van der Waals surface area contributed by atoms with Crippen molar-refractivity contribution < 1.29 is 23.1 Å². The molecular weight excluding hydrogens is 536 g/mol. The third-order valence-electron chi connectivity index (χ3n) is 8.44. The van der Waals surface area contributed by atoms with Crippen molar-refractivity contribution in [1.29, 1.82) is 0 Å². The second-order valence-electron chi connectivity index (χ2n) is 11.3. The average molecular weight is 575 g/mol. The molecule has 0 spiro atoms. The van der Waals surface area contributed by atoms with Gasteiger partial charge < -0.3 is 15.3 Å². The molecule has 39 heavy (non-hydrogen) atoms. The molecule has 0 saturated heterocycles. The number of aliphatic hydroxyl groups excluding tert-OH is 1. The topological polar surface area (TPSA) is 129 Å². The van der Waals surface area contributed by atoms with Gasteiger partial charge in [0.15, 0.2) is 5.13 Å². The second-order valence-corrected chi connectivity index (χ2v) is 14.0. The molecule has 0 bridgehead atoms. The number of likely N-dealkylation sites (N-methyl/N-ethyl adjacent to an activating group) is 1. The van der Waals surface area contributed by atoms with Crippen molar-refractivity contribution in [2.24, 2.45) is 23.2 Å². The van der Waals surface area contributed by atoms with Crippen LogP contribution in [0, 0.1) is 23.2 Å². The van der Waals surface area contributed by atoms with Crippen LogP contribution >= 0.6 is 11.3 Å². The fraction of sp³-hybridized carbons (Fsp3) is 0.536. The van der Waals surface area contributed by atoms with Gasteiger partial charge in [-0.2, -0.15) is 0 Å². The van der Waals surface area contributed by atoms with Crippen LogP contribution < -0.4 is 10.0 Å². The van der Waals surface area contributed by atoms with Crippen molar-refractivity contribution in [3.05, 3.63) is 47.5 Å². The van der Waals surface area contributed by atoms with E-state index in [0.717, 1.165) is 23.4 Å². The van der Waals surface area contributed by atoms with Crippen molar-refractivity contribution in [2.75, 3.05) is 23.6 Å². The number of sulfonamides is 1. The van der Waals surface area contributed by atoms with Crippen molar-refractivity contribution in [3.8, 4) is 0 Å². The summed E-state index contributed by atoms with van der Waals surface area (Å²) in [6.45, 7) is 11.7. The predicted molar refractivity (Wildman–Crippen MR) is 153 cm³/mol. The molecule has 1 aromatic carbocycles. The number of rotatable bonds is 8. The Hall–Kier alpha value is -2.76. The first kappa shape index (κ1) is 29.2. The van der Waals surface area contributed by atoms with Crippen LogP contribution in [0.15, 0.2) is 41.8 Å². The van der Waals surface area contributed by atoms with Gasteiger partial charge in [-0.1, -0.05) is 26.8 Å². The van der Waals surface area contributed by atoms with E-state index < -0.39 is 16.1 Å². The zero-order valence-electron chi connectivity index (χ0n) is 23.1. The number of anilines is 2. The molecule has 0 unspecified atom stereocenters. The molecule has 1 fully saturated rings. The van der Waals surface area contributed by atoms with E-state index in [2.05, 4.69) is 28.5 Å². The fourth-order valence-electron chi connectivity index (χ4n) is 6.50. The number of nitrogens with zero attached hydrogens (tertiary/aromatic N) is 2. The highest BCUT2D eigenvalue weighted by molar-refractivity contribution is 7.93. The molecule has 2 aliphatic carbocycles. The van der Waals surface area contributed by atoms with Crippen LogP contribution in [-0.2, 0) is 26.0 Å². The molecule has 0 radical (unpaired) electrons. The summed E-state index contributed by atoms with van der Waals surface area (Å²) in [5, 5.41) is 14.5. The molecule has 2 aromatic rings. The lowest BCUT2D eigenvalue weighted by atomic mass is 9.53. The van der Waals surface area contributed by atoms with Crippen molar-refractivity contribution in [2.45, 2.75) is 63.9 Å². The number of amides is 2. The summed E-state index contributed by atoms with van der Waals surface area (Å²) in [5.74, 6) is -0.921. The molecule has 2 aliphatic rings. The molecule has 1 saturated carbocycles. The fourth-order valence-corrected chi connectivity index (χ4v) is 9.00. The van der Waals surface area contributed by atoms with Gasteiger partial charge in [0.2, 0.25) is 11.8 Å². The predicted octanol–water partition coefficient (Wildman–Crippen LogP) is 4.24. The highest BCUT2D eigenvalue weighted by Gasteiger charge is 2.54. The lowest BCUT2D eigenvalue weighted by Crippen LogP contribution is -2.53. The minimum atomic E-state index is -3.88. The number of carbonyl (C=O) groups excluding carboxylic acids is 2. The number of nitrogens with one attached hydrogen (secondary N) is 2. The van der Waals surface area contributed by atoms with Gasteiger partial charge in [-0.05, 0) is 60.8 Å². The summed E-state index contributed by atoms with van der Waals surface area (Å²) in [4.78, 5) is 31.7. The van der Waals surface area contributed by atoms with Crippen LogP contribution in [-0.4, -0.2) is 54.9 Å². The largest absolute Gasteiger partial charge is 0.392 e. The molecule has 212 valence electrons. The summed E-state index contributed by atoms with van der Waals surface area (Å²) >= 11 is 1.34. The van der Waals surface area contributed by atoms with E-state index in [9.17, 15) is 23.1 Å². The number of carbonyl (C=O) groups is 2. The van der Waals surface area contributed by atoms with E-state index in [1.807, 2.05) is 13.8 Å². The first-order valence-electron chi connectivity index (χ1n) is 13.2. The lowest BCUT2D eigenvalue weighted by Gasteiger charge is -2.53. The zero-order valence-corrected chi connectivity index (χ0v) is 24.7. The Labute approximate surface area is 234 Å². The van der Waals surface area contributed by atoms with Gasteiger partial charge in [0, 0.05) is 42.9 Å². The first-order chi connectivity index (χ1) is 18.3. The van der Waals surface area contributed by atoms with Crippen LogP contribution in [0.5, 0.6) is 0 Å². The number of benzene rings is 1. The van der Waals surface area contributed by atoms with Gasteiger partial charge >= 0.3 is 0 Å². The van der Waals surface area contributed by atoms with Crippen molar-refractivity contribution in [3.63, 3.8) is 0 Å². The summed E-state index contributed by atoms with van der Waals surface area (Å²) in [7, 11) is -2.13. The van der Waals surface area contributed by atoms with Gasteiger partial charge in [0.05, 0.1) is 16.7 Å². The van der Waals surface area contributed by atoms with E-state index in [1.165, 1.54) is 42.5 Å². The molecule has 2 amide bonds. The smallest absolute Gasteiger partial charge is 0.263 e. The number of aromatic nitrogens is 1. The third-order valence-corrected chi connectivity index (χ3v) is 10.9. The standard InChI is InChI=1S/C28H38N4O5S2/c1-7-14-32(6)26(35)16(2)21-12-13-28(5)15-22-24(17(3)23(28)25(21)34)30-27(38-22)31-39(36,37)20-10-8-19(9-11-20)29-18(4)33/h7-11,16-17,21,23,25,34H,1,12-15H2,2-6H3,(H,29,33)(H,30,31)/t16-,17-,21-,23+,25-,28+/m0/s1. The maximum atomic E-state index is 13.1. The summed E-state index contributed by atoms with van der Waals surface area (Å²) < 4.78 is 28.7. The van der Waals surface area contributed by atoms with Gasteiger partial charge in [0.25, 0.3) is 10.0 Å². The number of hydrogen-bond donors (Lipinski definition) is 3. The van der Waals surface area contributed by atoms with E-state index in [-0.39, 0.29) is 45.8 Å². The molecule has 1 heterocycles. The molecule has 4 rings (SSSR count). The Kier molecular flexibility index (Phi) is 8.26. The van der Waals surface area contributed by atoms with Gasteiger partial charge in [0.1, 0.15) is 0 Å². The number of fused-ring (bicyclic) bond motifs is 2. The highest BCUT2D eigenvalue weighted by atomic mass is 32.2. The maximum absolute atomic E-state index is 13.1. The molecule has 1 aromatic heterocycles. The normalized spacial score (nSPS) is 27.0. The monoisotopic (exact) mass is 574 g/mol. The van der Waals surface area contributed by atoms with Crippen LogP contribution in [0.2, 0.25) is 0 Å². The van der Waals surface area contributed by atoms with E-state index in [1.54, 1.807) is 18.0 Å². The molecule has 6 atom stereocenters. The highest BCUT2D eigenvalue weighted by Crippen LogP contribution is 2.57. The van der Waals surface area contributed by atoms with E-state index in [4.69, 9.17) is 0 Å². The minimum absolute atomic E-state index is 0.00200. The lowest BCUT2D eigenvalue weighted by molar-refractivity contribution is -0.143. The number of thiazole rings is 1. The Balaban J connectivity index is 1.54. The van der Waals surface area contributed by atoms with Crippen LogP contribution in [0.1, 0.15) is 57.0 Å². The average Bonchev–Trinajstić information content (AvgIpc) is 3.24. The van der Waals surface area contributed by atoms with Gasteiger partial charge in [-0.25, -0.2) is 13.4 Å². The molecule has 0 aliphatic heterocycles. The quantitative estimate of drug-likeness (QED) is 0.405. The zero-order chi connectivity index (χ0) is 28.7. The number of hydrogen-bond acceptors (Lipinski definition) is 7. The Morgan fingerprint density at radius 3 is 2.62 bits per heavy atom. The SMILES string of the molecule is C=CCN(C)C(=O)[C@@H](C)[C@@H]1CC[C@]2(C)Cc3sc(NS(=O)(=O)c4ccc(NC(C)=O)cc4)nc3[C@@H](C)[C@@H]2[C@H]1O. The summed E-state index contributed by atoms with van der Waals surface area (Å²) in [6.07, 6.45) is 3.33. The molecule has 9 nitrogen and oxygen atoms in total.